The number of hydrogen-bond donors (Lipinski definition) is 1. The Kier molecular flexibility index (Phi) is 3.05. The molecule has 0 aromatic carbocycles. The zero-order chi connectivity index (χ0) is 18.1. The molecule has 0 unspecified atom stereocenters. The first kappa shape index (κ1) is 16.0. The first-order chi connectivity index (χ1) is 11.7. The number of fused-ring (bicyclic) bond motifs is 2. The zero-order valence-corrected chi connectivity index (χ0v) is 14.5. The maximum absolute atomic E-state index is 12.9. The molecule has 0 aromatic heterocycles. The maximum atomic E-state index is 12.9. The Balaban J connectivity index is 1.69. The Morgan fingerprint density at radius 1 is 1.04 bits per heavy atom. The van der Waals surface area contributed by atoms with Crippen molar-refractivity contribution in [2.75, 3.05) is 0 Å². The van der Waals surface area contributed by atoms with Crippen LogP contribution in [0.2, 0.25) is 0 Å². The average molecular weight is 340 g/mol. The van der Waals surface area contributed by atoms with E-state index in [1.807, 2.05) is 12.2 Å². The van der Waals surface area contributed by atoms with E-state index in [4.69, 9.17) is 0 Å². The van der Waals surface area contributed by atoms with Crippen LogP contribution in [0.3, 0.4) is 0 Å². The number of hydrogen-bond acceptors (Lipinski definition) is 4. The lowest BCUT2D eigenvalue weighted by molar-refractivity contribution is -0.172. The Bertz CT molecular complexity index is 788. The zero-order valence-electron chi connectivity index (χ0n) is 14.5. The molecular formula is C19H20N2O4. The molecule has 3 fully saturated rings. The van der Waals surface area contributed by atoms with Gasteiger partial charge in [-0.25, -0.2) is 0 Å². The lowest BCUT2D eigenvalue weighted by Gasteiger charge is -2.53. The molecule has 2 saturated heterocycles. The van der Waals surface area contributed by atoms with Gasteiger partial charge in [-0.1, -0.05) is 45.1 Å². The van der Waals surface area contributed by atoms with E-state index in [0.29, 0.717) is 17.1 Å². The predicted molar refractivity (Wildman–Crippen MR) is 88.7 cm³/mol. The molecule has 3 aliphatic heterocycles. The third-order valence-electron chi connectivity index (χ3n) is 6.25. The van der Waals surface area contributed by atoms with Crippen LogP contribution in [0, 0.1) is 17.3 Å². The highest BCUT2D eigenvalue weighted by molar-refractivity contribution is 6.25. The lowest BCUT2D eigenvalue weighted by atomic mass is 9.63. The highest BCUT2D eigenvalue weighted by Gasteiger charge is 2.65. The molecule has 0 atom stereocenters. The lowest BCUT2D eigenvalue weighted by Crippen LogP contribution is -2.74. The van der Waals surface area contributed by atoms with E-state index in [2.05, 4.69) is 26.1 Å². The van der Waals surface area contributed by atoms with Crippen LogP contribution in [0.5, 0.6) is 0 Å². The third kappa shape index (κ3) is 1.91. The highest BCUT2D eigenvalue weighted by Crippen LogP contribution is 2.49. The van der Waals surface area contributed by atoms with Crippen molar-refractivity contribution in [2.24, 2.45) is 17.3 Å². The van der Waals surface area contributed by atoms with Crippen LogP contribution < -0.4 is 5.32 Å². The van der Waals surface area contributed by atoms with E-state index >= 15 is 0 Å². The molecule has 4 amide bonds. The van der Waals surface area contributed by atoms with Gasteiger partial charge in [0.25, 0.3) is 17.7 Å². The minimum absolute atomic E-state index is 0.229. The van der Waals surface area contributed by atoms with E-state index in [1.165, 1.54) is 0 Å². The first-order valence-corrected chi connectivity index (χ1v) is 8.56. The molecule has 5 rings (SSSR count). The molecule has 2 aliphatic carbocycles. The minimum atomic E-state index is -1.21. The molecule has 130 valence electrons. The first-order valence-electron chi connectivity index (χ1n) is 8.56. The summed E-state index contributed by atoms with van der Waals surface area (Å²) in [6.45, 7) is 6.21. The minimum Gasteiger partial charge on any atom is -0.294 e. The number of piperidine rings is 2. The summed E-state index contributed by atoms with van der Waals surface area (Å²) in [5.74, 6) is -1.74. The molecule has 5 aliphatic rings. The van der Waals surface area contributed by atoms with Gasteiger partial charge >= 0.3 is 0 Å². The quantitative estimate of drug-likeness (QED) is 0.767. The monoisotopic (exact) mass is 340 g/mol. The molecule has 0 aromatic rings. The third-order valence-corrected chi connectivity index (χ3v) is 6.25. The van der Waals surface area contributed by atoms with Gasteiger partial charge in [-0.05, 0) is 18.8 Å². The molecular weight excluding hydrogens is 320 g/mol. The number of carbonyl (C=O) groups is 4. The number of allylic oxidation sites excluding steroid dienone is 2. The summed E-state index contributed by atoms with van der Waals surface area (Å²) in [6.07, 6.45) is 7.75. The van der Waals surface area contributed by atoms with Crippen LogP contribution in [0.4, 0.5) is 0 Å². The van der Waals surface area contributed by atoms with Crippen LogP contribution in [-0.4, -0.2) is 34.1 Å². The largest absolute Gasteiger partial charge is 0.294 e. The standard InChI is InChI=1S/C19H20N2O4/c1-10(2)18(3)6-4-12-13(5-7-18)16(24)21(15(12)23)19-8-11(9-19)14(22)20-17(19)25/h4-7,10-11H,8-9H2,1-3H3,(H,20,22,25). The van der Waals surface area contributed by atoms with Crippen molar-refractivity contribution < 1.29 is 19.2 Å². The molecule has 6 nitrogen and oxygen atoms in total. The molecule has 6 heteroatoms. The second-order valence-electron chi connectivity index (χ2n) is 7.92. The number of amides is 4. The molecule has 25 heavy (non-hydrogen) atoms. The SMILES string of the molecule is CC(C)C1(C)C=CC2=C(C=C1)C(=O)N(C13CC(C1)C(=O)NC3=O)C2=O. The van der Waals surface area contributed by atoms with E-state index in [1.54, 1.807) is 12.2 Å². The van der Waals surface area contributed by atoms with Gasteiger partial charge in [0.1, 0.15) is 5.54 Å². The van der Waals surface area contributed by atoms with Gasteiger partial charge in [-0.3, -0.25) is 29.4 Å². The van der Waals surface area contributed by atoms with Gasteiger partial charge in [0, 0.05) is 11.3 Å². The Morgan fingerprint density at radius 2 is 1.56 bits per heavy atom. The van der Waals surface area contributed by atoms with Crippen molar-refractivity contribution >= 4 is 23.6 Å². The van der Waals surface area contributed by atoms with Crippen molar-refractivity contribution in [3.63, 3.8) is 0 Å². The van der Waals surface area contributed by atoms with Gasteiger partial charge in [0.2, 0.25) is 5.91 Å². The van der Waals surface area contributed by atoms with Crippen LogP contribution in [0.1, 0.15) is 33.6 Å². The normalized spacial score (nSPS) is 32.8. The Hall–Kier alpha value is -2.50. The topological polar surface area (TPSA) is 83.6 Å². The fourth-order valence-electron chi connectivity index (χ4n) is 3.98. The van der Waals surface area contributed by atoms with Gasteiger partial charge in [0.05, 0.1) is 11.1 Å². The number of carbonyl (C=O) groups excluding carboxylic acids is 4. The Labute approximate surface area is 145 Å². The van der Waals surface area contributed by atoms with E-state index in [9.17, 15) is 19.2 Å². The van der Waals surface area contributed by atoms with Gasteiger partial charge in [0.15, 0.2) is 0 Å². The molecule has 2 bridgehead atoms. The summed E-state index contributed by atoms with van der Waals surface area (Å²) in [4.78, 5) is 51.0. The summed E-state index contributed by atoms with van der Waals surface area (Å²) < 4.78 is 0. The predicted octanol–water partition coefficient (Wildman–Crippen LogP) is 1.25. The highest BCUT2D eigenvalue weighted by atomic mass is 16.2. The molecule has 0 radical (unpaired) electrons. The number of nitrogens with zero attached hydrogens (tertiary/aromatic N) is 1. The number of nitrogens with one attached hydrogen (secondary N) is 1. The smallest absolute Gasteiger partial charge is 0.262 e. The van der Waals surface area contributed by atoms with E-state index in [-0.39, 0.29) is 30.1 Å². The molecule has 3 heterocycles. The average Bonchev–Trinajstić information content (AvgIpc) is 2.64. The molecule has 1 saturated carbocycles. The van der Waals surface area contributed by atoms with Crippen molar-refractivity contribution in [1.82, 2.24) is 10.2 Å². The molecule has 1 N–H and O–H groups in total. The van der Waals surface area contributed by atoms with Crippen LogP contribution in [0.25, 0.3) is 0 Å². The van der Waals surface area contributed by atoms with Crippen LogP contribution in [0.15, 0.2) is 35.5 Å². The molecule has 0 spiro atoms. The second kappa shape index (κ2) is 4.77. The fraction of sp³-hybridized carbons (Fsp3) is 0.474. The Morgan fingerprint density at radius 3 is 2.00 bits per heavy atom. The summed E-state index contributed by atoms with van der Waals surface area (Å²) in [6, 6.07) is 0. The second-order valence-corrected chi connectivity index (χ2v) is 7.92. The van der Waals surface area contributed by atoms with E-state index in [0.717, 1.165) is 4.90 Å². The van der Waals surface area contributed by atoms with Crippen LogP contribution >= 0.6 is 0 Å². The van der Waals surface area contributed by atoms with Crippen molar-refractivity contribution in [3.8, 4) is 0 Å². The van der Waals surface area contributed by atoms with Gasteiger partial charge in [-0.2, -0.15) is 0 Å². The summed E-state index contributed by atoms with van der Waals surface area (Å²) in [5.41, 5.74) is -0.798. The van der Waals surface area contributed by atoms with Gasteiger partial charge in [-0.15, -0.1) is 0 Å². The summed E-state index contributed by atoms with van der Waals surface area (Å²) in [5, 5.41) is 2.28. The van der Waals surface area contributed by atoms with Crippen molar-refractivity contribution in [2.45, 2.75) is 39.2 Å². The summed E-state index contributed by atoms with van der Waals surface area (Å²) in [7, 11) is 0. The fourth-order valence-corrected chi connectivity index (χ4v) is 3.98. The van der Waals surface area contributed by atoms with Crippen molar-refractivity contribution in [3.05, 3.63) is 35.5 Å². The van der Waals surface area contributed by atoms with Gasteiger partial charge < -0.3 is 0 Å². The number of rotatable bonds is 2. The van der Waals surface area contributed by atoms with Crippen molar-refractivity contribution in [1.29, 1.82) is 0 Å². The van der Waals surface area contributed by atoms with Crippen LogP contribution in [-0.2, 0) is 19.2 Å². The van der Waals surface area contributed by atoms with E-state index < -0.39 is 23.3 Å². The summed E-state index contributed by atoms with van der Waals surface area (Å²) >= 11 is 0. The number of imide groups is 2. The maximum Gasteiger partial charge on any atom is 0.262 e.